The molecule has 44 heavy (non-hydrogen) atoms. The molecule has 1 aliphatic carbocycles. The predicted octanol–water partition coefficient (Wildman–Crippen LogP) is 12.4. The maximum Gasteiger partial charge on any atom is 0.0555 e. The zero-order valence-electron chi connectivity index (χ0n) is 24.9. The second kappa shape index (κ2) is 9.80. The summed E-state index contributed by atoms with van der Waals surface area (Å²) >= 11 is 1.89. The van der Waals surface area contributed by atoms with Gasteiger partial charge in [0.1, 0.15) is 0 Å². The zero-order chi connectivity index (χ0) is 29.4. The van der Waals surface area contributed by atoms with Crippen LogP contribution in [0.4, 0.5) is 0 Å². The standard InChI is InChI=1S/C42H31NS/c1-26-11-6-7-16-32(26)40-27(2)19-20-29-21-22-36-42(41(29)40)35-24-34-33-17-8-9-18-38(33)44-39(34)25-37(35)43(36)31-15-10-14-30(23-31)28-12-4-3-5-13-28/h3-5,7-10,12-25H,6,11H2,1-2H3. The Labute approximate surface area is 261 Å². The smallest absolute Gasteiger partial charge is 0.0555 e. The molecule has 0 bridgehead atoms. The average molecular weight is 582 g/mol. The van der Waals surface area contributed by atoms with Gasteiger partial charge >= 0.3 is 0 Å². The Morgan fingerprint density at radius 3 is 2.32 bits per heavy atom. The predicted molar refractivity (Wildman–Crippen MR) is 192 cm³/mol. The van der Waals surface area contributed by atoms with Crippen LogP contribution in [0.2, 0.25) is 0 Å². The van der Waals surface area contributed by atoms with E-state index in [0.29, 0.717) is 0 Å². The fourth-order valence-electron chi connectivity index (χ4n) is 7.40. The Morgan fingerprint density at radius 2 is 1.43 bits per heavy atom. The fourth-order valence-corrected chi connectivity index (χ4v) is 8.52. The summed E-state index contributed by atoms with van der Waals surface area (Å²) in [6.07, 6.45) is 6.95. The molecule has 1 aliphatic rings. The van der Waals surface area contributed by atoms with Crippen molar-refractivity contribution in [2.45, 2.75) is 26.7 Å². The lowest BCUT2D eigenvalue weighted by Crippen LogP contribution is -1.97. The maximum atomic E-state index is 2.50. The monoisotopic (exact) mass is 581 g/mol. The Morgan fingerprint density at radius 1 is 0.614 bits per heavy atom. The Bertz CT molecular complexity index is 2500. The molecule has 0 aliphatic heterocycles. The Balaban J connectivity index is 1.47. The van der Waals surface area contributed by atoms with Crippen molar-refractivity contribution in [2.24, 2.45) is 0 Å². The second-order valence-corrected chi connectivity index (χ2v) is 13.2. The first kappa shape index (κ1) is 25.6. The maximum absolute atomic E-state index is 2.50. The summed E-state index contributed by atoms with van der Waals surface area (Å²) < 4.78 is 5.17. The SMILES string of the molecule is CC1=C(c2c(C)ccc3ccc4c(c5cc6c(cc5n4-c4cccc(-c5ccccc5)c4)sc4ccccc46)c23)C=CCC1. The lowest BCUT2D eigenvalue weighted by Gasteiger charge is -2.18. The van der Waals surface area contributed by atoms with Crippen molar-refractivity contribution in [1.29, 1.82) is 0 Å². The van der Waals surface area contributed by atoms with Gasteiger partial charge in [0.25, 0.3) is 0 Å². The molecular formula is C42H31NS. The summed E-state index contributed by atoms with van der Waals surface area (Å²) in [5.41, 5.74) is 11.7. The molecule has 0 atom stereocenters. The molecule has 0 radical (unpaired) electrons. The first-order valence-corrected chi connectivity index (χ1v) is 16.3. The van der Waals surface area contributed by atoms with Crippen molar-refractivity contribution in [2.75, 3.05) is 0 Å². The van der Waals surface area contributed by atoms with Gasteiger partial charge in [-0.3, -0.25) is 0 Å². The summed E-state index contributed by atoms with van der Waals surface area (Å²) in [6.45, 7) is 4.60. The number of hydrogen-bond donors (Lipinski definition) is 0. The zero-order valence-corrected chi connectivity index (χ0v) is 25.7. The van der Waals surface area contributed by atoms with Gasteiger partial charge in [-0.2, -0.15) is 0 Å². The fraction of sp³-hybridized carbons (Fsp3) is 0.0952. The van der Waals surface area contributed by atoms with E-state index >= 15 is 0 Å². The number of benzene rings is 6. The highest BCUT2D eigenvalue weighted by Crippen LogP contribution is 2.45. The molecular weight excluding hydrogens is 551 g/mol. The highest BCUT2D eigenvalue weighted by molar-refractivity contribution is 7.25. The van der Waals surface area contributed by atoms with E-state index in [2.05, 4.69) is 146 Å². The number of fused-ring (bicyclic) bond motifs is 8. The van der Waals surface area contributed by atoms with Crippen LogP contribution in [0.15, 0.2) is 133 Å². The van der Waals surface area contributed by atoms with Gasteiger partial charge < -0.3 is 4.57 Å². The molecule has 6 aromatic carbocycles. The first-order chi connectivity index (χ1) is 21.7. The van der Waals surface area contributed by atoms with Gasteiger partial charge in [-0.25, -0.2) is 0 Å². The van der Waals surface area contributed by atoms with Crippen LogP contribution < -0.4 is 0 Å². The van der Waals surface area contributed by atoms with Crippen molar-refractivity contribution in [1.82, 2.24) is 4.57 Å². The third kappa shape index (κ3) is 3.77. The highest BCUT2D eigenvalue weighted by Gasteiger charge is 2.21. The first-order valence-electron chi connectivity index (χ1n) is 15.5. The molecule has 0 saturated carbocycles. The van der Waals surface area contributed by atoms with Crippen LogP contribution in [0.3, 0.4) is 0 Å². The molecule has 0 saturated heterocycles. The summed E-state index contributed by atoms with van der Waals surface area (Å²) in [5, 5.41) is 8.01. The molecule has 0 spiro atoms. The average Bonchev–Trinajstić information content (AvgIpc) is 3.59. The van der Waals surface area contributed by atoms with Crippen LogP contribution in [0.5, 0.6) is 0 Å². The Kier molecular flexibility index (Phi) is 5.70. The van der Waals surface area contributed by atoms with E-state index in [9.17, 15) is 0 Å². The van der Waals surface area contributed by atoms with Gasteiger partial charge in [-0.15, -0.1) is 11.3 Å². The van der Waals surface area contributed by atoms with E-state index in [0.717, 1.165) is 12.8 Å². The molecule has 0 unspecified atom stereocenters. The lowest BCUT2D eigenvalue weighted by atomic mass is 9.86. The number of nitrogens with zero attached hydrogens (tertiary/aromatic N) is 1. The number of aryl methyl sites for hydroxylation is 1. The van der Waals surface area contributed by atoms with Crippen LogP contribution in [0.25, 0.3) is 75.1 Å². The van der Waals surface area contributed by atoms with Gasteiger partial charge in [0, 0.05) is 36.6 Å². The minimum absolute atomic E-state index is 1.12. The van der Waals surface area contributed by atoms with E-state index < -0.39 is 0 Å². The minimum Gasteiger partial charge on any atom is -0.309 e. The van der Waals surface area contributed by atoms with E-state index in [1.54, 1.807) is 0 Å². The van der Waals surface area contributed by atoms with Crippen LogP contribution in [-0.2, 0) is 0 Å². The summed E-state index contributed by atoms with van der Waals surface area (Å²) in [4.78, 5) is 0. The number of hydrogen-bond acceptors (Lipinski definition) is 1. The minimum atomic E-state index is 1.12. The molecule has 2 aromatic heterocycles. The van der Waals surface area contributed by atoms with Crippen molar-refractivity contribution >= 4 is 69.7 Å². The third-order valence-electron chi connectivity index (χ3n) is 9.53. The van der Waals surface area contributed by atoms with Gasteiger partial charge in [0.2, 0.25) is 0 Å². The number of aromatic nitrogens is 1. The van der Waals surface area contributed by atoms with Gasteiger partial charge in [-0.1, -0.05) is 96.6 Å². The van der Waals surface area contributed by atoms with Crippen molar-refractivity contribution in [3.05, 3.63) is 144 Å². The van der Waals surface area contributed by atoms with E-state index in [-0.39, 0.29) is 0 Å². The topological polar surface area (TPSA) is 4.93 Å². The second-order valence-electron chi connectivity index (χ2n) is 12.2. The molecule has 2 heteroatoms. The third-order valence-corrected chi connectivity index (χ3v) is 10.7. The van der Waals surface area contributed by atoms with Crippen LogP contribution in [-0.4, -0.2) is 4.57 Å². The number of rotatable bonds is 3. The highest BCUT2D eigenvalue weighted by atomic mass is 32.1. The quantitative estimate of drug-likeness (QED) is 0.196. The molecule has 9 rings (SSSR count). The molecule has 0 fully saturated rings. The normalized spacial score (nSPS) is 13.8. The van der Waals surface area contributed by atoms with Crippen LogP contribution in [0.1, 0.15) is 30.9 Å². The van der Waals surface area contributed by atoms with Crippen LogP contribution in [0, 0.1) is 6.92 Å². The number of allylic oxidation sites excluding steroid dienone is 4. The van der Waals surface area contributed by atoms with E-state index in [1.807, 2.05) is 11.3 Å². The molecule has 0 amide bonds. The van der Waals surface area contributed by atoms with E-state index in [1.165, 1.54) is 91.8 Å². The lowest BCUT2D eigenvalue weighted by molar-refractivity contribution is 0.967. The van der Waals surface area contributed by atoms with Crippen molar-refractivity contribution in [3.63, 3.8) is 0 Å². The Hall–Kier alpha value is -4.92. The largest absolute Gasteiger partial charge is 0.309 e. The van der Waals surface area contributed by atoms with Crippen LogP contribution >= 0.6 is 11.3 Å². The van der Waals surface area contributed by atoms with Gasteiger partial charge in [0.15, 0.2) is 0 Å². The number of thiophene rings is 1. The summed E-state index contributed by atoms with van der Waals surface area (Å²) in [7, 11) is 0. The van der Waals surface area contributed by atoms with Gasteiger partial charge in [-0.05, 0) is 102 Å². The molecule has 1 nitrogen and oxygen atoms in total. The summed E-state index contributed by atoms with van der Waals surface area (Å²) in [5.74, 6) is 0. The summed E-state index contributed by atoms with van der Waals surface area (Å²) in [6, 6.07) is 42.8. The van der Waals surface area contributed by atoms with E-state index in [4.69, 9.17) is 0 Å². The van der Waals surface area contributed by atoms with Gasteiger partial charge in [0.05, 0.1) is 11.0 Å². The molecule has 0 N–H and O–H groups in total. The van der Waals surface area contributed by atoms with Crippen molar-refractivity contribution in [3.8, 4) is 16.8 Å². The molecule has 8 aromatic rings. The molecule has 2 heterocycles. The van der Waals surface area contributed by atoms with Crippen molar-refractivity contribution < 1.29 is 0 Å². The molecule has 210 valence electrons.